The van der Waals surface area contributed by atoms with E-state index in [4.69, 9.17) is 4.55 Å². The van der Waals surface area contributed by atoms with Crippen LogP contribution in [0, 0.1) is 0 Å². The molecule has 0 amide bonds. The van der Waals surface area contributed by atoms with Gasteiger partial charge in [-0.2, -0.15) is 4.21 Å². The summed E-state index contributed by atoms with van der Waals surface area (Å²) < 4.78 is 23.4. The summed E-state index contributed by atoms with van der Waals surface area (Å²) in [4.78, 5) is 0. The summed E-state index contributed by atoms with van der Waals surface area (Å²) >= 11 is -2.24. The van der Waals surface area contributed by atoms with Crippen LogP contribution in [0.5, 0.6) is 5.75 Å². The number of benzene rings is 1. The smallest absolute Gasteiger partial charge is 0.357 e. The van der Waals surface area contributed by atoms with E-state index >= 15 is 0 Å². The van der Waals surface area contributed by atoms with Gasteiger partial charge in [0.25, 0.3) is 0 Å². The molecule has 4 heteroatoms. The predicted molar refractivity (Wildman–Crippen MR) is 56.5 cm³/mol. The first-order valence-corrected chi connectivity index (χ1v) is 5.55. The quantitative estimate of drug-likeness (QED) is 0.784. The van der Waals surface area contributed by atoms with E-state index in [1.807, 2.05) is 12.1 Å². The van der Waals surface area contributed by atoms with Crippen LogP contribution in [0.3, 0.4) is 0 Å². The SMILES string of the molecule is CCC(C)c1ccc(OS(=O)O)cc1. The molecule has 0 bridgehead atoms. The van der Waals surface area contributed by atoms with Gasteiger partial charge in [0.15, 0.2) is 0 Å². The molecule has 1 rings (SSSR count). The Morgan fingerprint density at radius 2 is 2.00 bits per heavy atom. The summed E-state index contributed by atoms with van der Waals surface area (Å²) in [6.07, 6.45) is 1.08. The maximum atomic E-state index is 10.3. The maximum Gasteiger partial charge on any atom is 0.357 e. The normalized spacial score (nSPS) is 14.8. The molecule has 0 saturated heterocycles. The van der Waals surface area contributed by atoms with E-state index in [2.05, 4.69) is 18.0 Å². The van der Waals surface area contributed by atoms with Gasteiger partial charge in [-0.05, 0) is 30.0 Å². The van der Waals surface area contributed by atoms with E-state index in [9.17, 15) is 4.21 Å². The molecule has 3 nitrogen and oxygen atoms in total. The summed E-state index contributed by atoms with van der Waals surface area (Å²) in [5.41, 5.74) is 1.21. The van der Waals surface area contributed by atoms with Crippen molar-refractivity contribution in [2.45, 2.75) is 26.2 Å². The van der Waals surface area contributed by atoms with Gasteiger partial charge in [0.1, 0.15) is 5.75 Å². The molecule has 1 aromatic carbocycles. The zero-order valence-electron chi connectivity index (χ0n) is 8.27. The first kappa shape index (κ1) is 11.2. The first-order chi connectivity index (χ1) is 6.63. The van der Waals surface area contributed by atoms with Gasteiger partial charge in [0.2, 0.25) is 0 Å². The second-order valence-electron chi connectivity index (χ2n) is 3.18. The van der Waals surface area contributed by atoms with Crippen molar-refractivity contribution in [1.29, 1.82) is 0 Å². The van der Waals surface area contributed by atoms with Gasteiger partial charge in [0, 0.05) is 0 Å². The number of rotatable bonds is 4. The van der Waals surface area contributed by atoms with E-state index in [-0.39, 0.29) is 0 Å². The third kappa shape index (κ3) is 3.12. The van der Waals surface area contributed by atoms with E-state index in [1.165, 1.54) is 5.56 Å². The minimum Gasteiger partial charge on any atom is -0.380 e. The summed E-state index contributed by atoms with van der Waals surface area (Å²) in [6, 6.07) is 7.23. The molecule has 0 spiro atoms. The molecule has 1 aromatic rings. The molecule has 0 saturated carbocycles. The molecule has 0 aliphatic rings. The van der Waals surface area contributed by atoms with Crippen LogP contribution < -0.4 is 4.18 Å². The lowest BCUT2D eigenvalue weighted by Gasteiger charge is -2.08. The molecular formula is C10H14O3S. The van der Waals surface area contributed by atoms with Crippen molar-refractivity contribution in [3.8, 4) is 5.75 Å². The highest BCUT2D eigenvalue weighted by Gasteiger charge is 2.03. The predicted octanol–water partition coefficient (Wildman–Crippen LogP) is 2.72. The fourth-order valence-electron chi connectivity index (χ4n) is 1.17. The lowest BCUT2D eigenvalue weighted by molar-refractivity contribution is 0.458. The molecule has 2 atom stereocenters. The third-order valence-electron chi connectivity index (χ3n) is 2.23. The standard InChI is InChI=1S/C10H14O3S/c1-3-8(2)9-4-6-10(7-5-9)13-14(11)12/h4-8H,3H2,1-2H3,(H,11,12). The molecule has 0 aliphatic carbocycles. The van der Waals surface area contributed by atoms with Crippen LogP contribution in [0.2, 0.25) is 0 Å². The van der Waals surface area contributed by atoms with Crippen LogP contribution in [-0.2, 0) is 11.4 Å². The van der Waals surface area contributed by atoms with Gasteiger partial charge in [-0.25, -0.2) is 0 Å². The van der Waals surface area contributed by atoms with Crippen molar-refractivity contribution < 1.29 is 12.9 Å². The molecule has 0 heterocycles. The second-order valence-corrected chi connectivity index (χ2v) is 3.78. The lowest BCUT2D eigenvalue weighted by Crippen LogP contribution is -1.98. The molecule has 0 fully saturated rings. The van der Waals surface area contributed by atoms with Crippen LogP contribution in [0.15, 0.2) is 24.3 Å². The molecular weight excluding hydrogens is 200 g/mol. The Hall–Kier alpha value is -0.870. The van der Waals surface area contributed by atoms with Crippen molar-refractivity contribution >= 4 is 11.4 Å². The number of hydrogen-bond donors (Lipinski definition) is 1. The van der Waals surface area contributed by atoms with Crippen molar-refractivity contribution in [1.82, 2.24) is 0 Å². The van der Waals surface area contributed by atoms with Crippen LogP contribution in [-0.4, -0.2) is 8.76 Å². The fourth-order valence-corrected chi connectivity index (χ4v) is 1.45. The number of hydrogen-bond acceptors (Lipinski definition) is 2. The van der Waals surface area contributed by atoms with Crippen molar-refractivity contribution in [3.63, 3.8) is 0 Å². The highest BCUT2D eigenvalue weighted by atomic mass is 32.2. The molecule has 0 aromatic heterocycles. The maximum absolute atomic E-state index is 10.3. The van der Waals surface area contributed by atoms with E-state index < -0.39 is 11.4 Å². The largest absolute Gasteiger partial charge is 0.380 e. The van der Waals surface area contributed by atoms with Gasteiger partial charge in [-0.15, -0.1) is 0 Å². The van der Waals surface area contributed by atoms with E-state index in [0.717, 1.165) is 6.42 Å². The molecule has 78 valence electrons. The average Bonchev–Trinajstić information content (AvgIpc) is 2.17. The van der Waals surface area contributed by atoms with Crippen LogP contribution in [0.4, 0.5) is 0 Å². The van der Waals surface area contributed by atoms with Crippen LogP contribution in [0.25, 0.3) is 0 Å². The summed E-state index contributed by atoms with van der Waals surface area (Å²) in [7, 11) is 0. The minimum absolute atomic E-state index is 0.415. The minimum atomic E-state index is -2.24. The van der Waals surface area contributed by atoms with Gasteiger partial charge >= 0.3 is 11.4 Å². The van der Waals surface area contributed by atoms with Crippen molar-refractivity contribution in [2.24, 2.45) is 0 Å². The zero-order chi connectivity index (χ0) is 10.6. The van der Waals surface area contributed by atoms with E-state index in [1.54, 1.807) is 12.1 Å². The lowest BCUT2D eigenvalue weighted by atomic mass is 9.99. The Morgan fingerprint density at radius 1 is 1.43 bits per heavy atom. The first-order valence-electron chi connectivity index (χ1n) is 4.52. The van der Waals surface area contributed by atoms with Gasteiger partial charge in [0.05, 0.1) is 0 Å². The van der Waals surface area contributed by atoms with Gasteiger partial charge in [-0.3, -0.25) is 4.55 Å². The monoisotopic (exact) mass is 214 g/mol. The Kier molecular flexibility index (Phi) is 4.10. The zero-order valence-corrected chi connectivity index (χ0v) is 9.08. The Balaban J connectivity index is 2.73. The Labute approximate surface area is 86.6 Å². The summed E-state index contributed by atoms with van der Waals surface area (Å²) in [5.74, 6) is 0.918. The van der Waals surface area contributed by atoms with E-state index in [0.29, 0.717) is 11.7 Å². The molecule has 0 radical (unpaired) electrons. The average molecular weight is 214 g/mol. The third-order valence-corrected chi connectivity index (χ3v) is 2.56. The Morgan fingerprint density at radius 3 is 2.43 bits per heavy atom. The Bertz CT molecular complexity index is 308. The van der Waals surface area contributed by atoms with Crippen molar-refractivity contribution in [2.75, 3.05) is 0 Å². The molecule has 0 aliphatic heterocycles. The van der Waals surface area contributed by atoms with Gasteiger partial charge < -0.3 is 4.18 Å². The fraction of sp³-hybridized carbons (Fsp3) is 0.400. The second kappa shape index (κ2) is 5.12. The topological polar surface area (TPSA) is 46.5 Å². The van der Waals surface area contributed by atoms with Crippen LogP contribution >= 0.6 is 0 Å². The highest BCUT2D eigenvalue weighted by molar-refractivity contribution is 7.74. The summed E-state index contributed by atoms with van der Waals surface area (Å²) in [5, 5.41) is 0. The summed E-state index contributed by atoms with van der Waals surface area (Å²) in [6.45, 7) is 4.26. The molecule has 1 N–H and O–H groups in total. The van der Waals surface area contributed by atoms with Crippen molar-refractivity contribution in [3.05, 3.63) is 29.8 Å². The highest BCUT2D eigenvalue weighted by Crippen LogP contribution is 2.21. The molecule has 14 heavy (non-hydrogen) atoms. The van der Waals surface area contributed by atoms with Gasteiger partial charge in [-0.1, -0.05) is 26.0 Å². The van der Waals surface area contributed by atoms with Crippen LogP contribution in [0.1, 0.15) is 31.7 Å². The molecule has 2 unspecified atom stereocenters.